The number of hydrogen-bond donors (Lipinski definition) is 3. The van der Waals surface area contributed by atoms with Crippen LogP contribution in [0.1, 0.15) is 46.6 Å². The maximum Gasteiger partial charge on any atom is 0.305 e. The molecule has 3 aromatic rings. The number of amides is 3. The Bertz CT molecular complexity index is 1050. The maximum absolute atomic E-state index is 12.4. The zero-order valence-corrected chi connectivity index (χ0v) is 16.5. The number of furan rings is 1. The summed E-state index contributed by atoms with van der Waals surface area (Å²) in [7, 11) is 0. The molecule has 0 saturated heterocycles. The molecule has 0 aliphatic rings. The SMILES string of the molecule is CC(=O)NC(CC(=O)NNC(=O)c1oc2ccccc2c1C)c1ccc(C)cc1. The molecule has 2 aromatic carbocycles. The van der Waals surface area contributed by atoms with Crippen LogP contribution < -0.4 is 16.2 Å². The molecule has 0 fully saturated rings. The summed E-state index contributed by atoms with van der Waals surface area (Å²) in [6.07, 6.45) is -0.0258. The molecular weight excluding hydrogens is 370 g/mol. The van der Waals surface area contributed by atoms with E-state index >= 15 is 0 Å². The van der Waals surface area contributed by atoms with E-state index < -0.39 is 17.9 Å². The van der Waals surface area contributed by atoms with Gasteiger partial charge in [0.1, 0.15) is 5.58 Å². The van der Waals surface area contributed by atoms with Gasteiger partial charge in [0.15, 0.2) is 5.76 Å². The monoisotopic (exact) mass is 393 g/mol. The van der Waals surface area contributed by atoms with Gasteiger partial charge in [0, 0.05) is 17.9 Å². The summed E-state index contributed by atoms with van der Waals surface area (Å²) in [6, 6.07) is 14.4. The lowest BCUT2D eigenvalue weighted by Crippen LogP contribution is -2.43. The Kier molecular flexibility index (Phi) is 5.97. The number of hydrazine groups is 1. The molecule has 7 heteroatoms. The molecule has 3 rings (SSSR count). The van der Waals surface area contributed by atoms with E-state index in [1.807, 2.05) is 49.4 Å². The second kappa shape index (κ2) is 8.60. The van der Waals surface area contributed by atoms with Crippen LogP contribution >= 0.6 is 0 Å². The number of rotatable bonds is 5. The number of fused-ring (bicyclic) bond motifs is 1. The predicted octanol–water partition coefficient (Wildman–Crippen LogP) is 3.08. The van der Waals surface area contributed by atoms with Gasteiger partial charge in [0.2, 0.25) is 11.8 Å². The molecule has 1 atom stereocenters. The molecule has 0 saturated carbocycles. The average molecular weight is 393 g/mol. The lowest BCUT2D eigenvalue weighted by Gasteiger charge is -2.18. The Hall–Kier alpha value is -3.61. The molecule has 3 N–H and O–H groups in total. The van der Waals surface area contributed by atoms with Gasteiger partial charge in [-0.25, -0.2) is 0 Å². The zero-order chi connectivity index (χ0) is 21.0. The van der Waals surface area contributed by atoms with E-state index in [-0.39, 0.29) is 18.1 Å². The summed E-state index contributed by atoms with van der Waals surface area (Å²) in [5.74, 6) is -1.08. The van der Waals surface area contributed by atoms with Crippen LogP contribution in [0.25, 0.3) is 11.0 Å². The predicted molar refractivity (Wildman–Crippen MR) is 109 cm³/mol. The molecule has 1 aromatic heterocycles. The quantitative estimate of drug-likeness (QED) is 0.580. The van der Waals surface area contributed by atoms with Gasteiger partial charge in [-0.15, -0.1) is 0 Å². The van der Waals surface area contributed by atoms with Gasteiger partial charge in [-0.05, 0) is 25.5 Å². The number of carbonyl (C=O) groups is 3. The van der Waals surface area contributed by atoms with Crippen LogP contribution in [-0.4, -0.2) is 17.7 Å². The third-order valence-corrected chi connectivity index (χ3v) is 4.61. The zero-order valence-electron chi connectivity index (χ0n) is 16.5. The fourth-order valence-electron chi connectivity index (χ4n) is 3.11. The van der Waals surface area contributed by atoms with Crippen molar-refractivity contribution in [1.82, 2.24) is 16.2 Å². The van der Waals surface area contributed by atoms with Gasteiger partial charge >= 0.3 is 5.91 Å². The van der Waals surface area contributed by atoms with Gasteiger partial charge in [-0.3, -0.25) is 25.2 Å². The highest BCUT2D eigenvalue weighted by Gasteiger charge is 2.20. The van der Waals surface area contributed by atoms with Crippen molar-refractivity contribution in [2.24, 2.45) is 0 Å². The van der Waals surface area contributed by atoms with Crippen molar-refractivity contribution >= 4 is 28.7 Å². The Morgan fingerprint density at radius 1 is 0.966 bits per heavy atom. The number of para-hydroxylation sites is 1. The molecule has 7 nitrogen and oxygen atoms in total. The van der Waals surface area contributed by atoms with Crippen LogP contribution in [0.3, 0.4) is 0 Å². The number of carbonyl (C=O) groups excluding carboxylic acids is 3. The van der Waals surface area contributed by atoms with E-state index in [4.69, 9.17) is 4.42 Å². The summed E-state index contributed by atoms with van der Waals surface area (Å²) in [5.41, 5.74) is 7.95. The van der Waals surface area contributed by atoms with Gasteiger partial charge in [-0.2, -0.15) is 0 Å². The van der Waals surface area contributed by atoms with Gasteiger partial charge in [0.05, 0.1) is 12.5 Å². The first-order valence-electron chi connectivity index (χ1n) is 9.26. The molecule has 1 heterocycles. The molecular formula is C22H23N3O4. The van der Waals surface area contributed by atoms with E-state index in [0.29, 0.717) is 11.1 Å². The Labute approximate surface area is 168 Å². The number of hydrogen-bond acceptors (Lipinski definition) is 4. The third kappa shape index (κ3) is 4.82. The second-order valence-corrected chi connectivity index (χ2v) is 6.92. The number of nitrogens with one attached hydrogen (secondary N) is 3. The molecule has 0 aliphatic carbocycles. The molecule has 0 radical (unpaired) electrons. The highest BCUT2D eigenvalue weighted by atomic mass is 16.3. The van der Waals surface area contributed by atoms with Crippen LogP contribution in [-0.2, 0) is 9.59 Å². The minimum absolute atomic E-state index is 0.0258. The Morgan fingerprint density at radius 3 is 2.31 bits per heavy atom. The smallest absolute Gasteiger partial charge is 0.305 e. The molecule has 0 bridgehead atoms. The van der Waals surface area contributed by atoms with Gasteiger partial charge < -0.3 is 9.73 Å². The first-order valence-corrected chi connectivity index (χ1v) is 9.26. The first kappa shape index (κ1) is 20.1. The van der Waals surface area contributed by atoms with Crippen molar-refractivity contribution in [2.75, 3.05) is 0 Å². The summed E-state index contributed by atoms with van der Waals surface area (Å²) in [5, 5.41) is 3.60. The number of aryl methyl sites for hydroxylation is 2. The Morgan fingerprint density at radius 2 is 1.66 bits per heavy atom. The van der Waals surface area contributed by atoms with Crippen molar-refractivity contribution in [3.8, 4) is 0 Å². The molecule has 0 spiro atoms. The highest BCUT2D eigenvalue weighted by molar-refractivity contribution is 5.99. The summed E-state index contributed by atoms with van der Waals surface area (Å²) >= 11 is 0. The van der Waals surface area contributed by atoms with Crippen LogP contribution in [0.2, 0.25) is 0 Å². The lowest BCUT2D eigenvalue weighted by atomic mass is 10.0. The Balaban J connectivity index is 1.65. The minimum Gasteiger partial charge on any atom is -0.451 e. The van der Waals surface area contributed by atoms with E-state index in [1.54, 1.807) is 13.0 Å². The maximum atomic E-state index is 12.4. The lowest BCUT2D eigenvalue weighted by molar-refractivity contribution is -0.123. The van der Waals surface area contributed by atoms with Crippen molar-refractivity contribution < 1.29 is 18.8 Å². The van der Waals surface area contributed by atoms with E-state index in [0.717, 1.165) is 16.5 Å². The van der Waals surface area contributed by atoms with E-state index in [2.05, 4.69) is 16.2 Å². The average Bonchev–Trinajstić information content (AvgIpc) is 3.03. The molecule has 150 valence electrons. The van der Waals surface area contributed by atoms with Gasteiger partial charge in [0.25, 0.3) is 0 Å². The highest BCUT2D eigenvalue weighted by Crippen LogP contribution is 2.24. The van der Waals surface area contributed by atoms with Crippen LogP contribution in [0.15, 0.2) is 52.9 Å². The fraction of sp³-hybridized carbons (Fsp3) is 0.227. The second-order valence-electron chi connectivity index (χ2n) is 6.92. The number of benzene rings is 2. The third-order valence-electron chi connectivity index (χ3n) is 4.61. The summed E-state index contributed by atoms with van der Waals surface area (Å²) in [4.78, 5) is 36.3. The van der Waals surface area contributed by atoms with Crippen molar-refractivity contribution in [2.45, 2.75) is 33.2 Å². The molecule has 29 heavy (non-hydrogen) atoms. The largest absolute Gasteiger partial charge is 0.451 e. The van der Waals surface area contributed by atoms with Crippen LogP contribution in [0.5, 0.6) is 0 Å². The van der Waals surface area contributed by atoms with Crippen LogP contribution in [0, 0.1) is 13.8 Å². The summed E-state index contributed by atoms with van der Waals surface area (Å²) < 4.78 is 5.59. The minimum atomic E-state index is -0.543. The summed E-state index contributed by atoms with van der Waals surface area (Å²) in [6.45, 7) is 5.14. The van der Waals surface area contributed by atoms with Crippen LogP contribution in [0.4, 0.5) is 0 Å². The van der Waals surface area contributed by atoms with Crippen molar-refractivity contribution in [1.29, 1.82) is 0 Å². The normalized spacial score (nSPS) is 11.7. The topological polar surface area (TPSA) is 100 Å². The molecule has 3 amide bonds. The molecule has 1 unspecified atom stereocenters. The van der Waals surface area contributed by atoms with E-state index in [9.17, 15) is 14.4 Å². The van der Waals surface area contributed by atoms with E-state index in [1.165, 1.54) is 6.92 Å². The fourth-order valence-corrected chi connectivity index (χ4v) is 3.11. The van der Waals surface area contributed by atoms with Gasteiger partial charge in [-0.1, -0.05) is 48.0 Å². The molecule has 0 aliphatic heterocycles. The standard InChI is InChI=1S/C22H23N3O4/c1-13-8-10-16(11-9-13)18(23-15(3)26)12-20(27)24-25-22(28)21-14(2)17-6-4-5-7-19(17)29-21/h4-11,18H,12H2,1-3H3,(H,23,26)(H,24,27)(H,25,28). The first-order chi connectivity index (χ1) is 13.8. The van der Waals surface area contributed by atoms with Crippen molar-refractivity contribution in [3.63, 3.8) is 0 Å². The van der Waals surface area contributed by atoms with Crippen molar-refractivity contribution in [3.05, 3.63) is 71.0 Å².